The van der Waals surface area contributed by atoms with Crippen LogP contribution in [0.5, 0.6) is 0 Å². The maximum absolute atomic E-state index is 12.7. The number of hydrogen-bond acceptors (Lipinski definition) is 2. The first-order valence-electron chi connectivity index (χ1n) is 5.93. The van der Waals surface area contributed by atoms with E-state index in [1.807, 2.05) is 6.08 Å². The summed E-state index contributed by atoms with van der Waals surface area (Å²) < 4.78 is 38.1. The van der Waals surface area contributed by atoms with Crippen molar-refractivity contribution in [1.82, 2.24) is 5.32 Å². The fraction of sp³-hybridized carbons (Fsp3) is 0.385. The zero-order chi connectivity index (χ0) is 14.0. The number of aryl methyl sites for hydroxylation is 1. The zero-order valence-electron chi connectivity index (χ0n) is 10.1. The van der Waals surface area contributed by atoms with Gasteiger partial charge < -0.3 is 11.1 Å². The van der Waals surface area contributed by atoms with Crippen LogP contribution in [0, 0.1) is 5.92 Å². The van der Waals surface area contributed by atoms with Gasteiger partial charge in [0.25, 0.3) is 0 Å². The van der Waals surface area contributed by atoms with Crippen LogP contribution in [0.2, 0.25) is 5.02 Å². The fourth-order valence-electron chi connectivity index (χ4n) is 2.14. The van der Waals surface area contributed by atoms with Gasteiger partial charge in [0.1, 0.15) is 0 Å². The SMILES string of the molecule is NC1=C[C@H](CCc2cccc(C(F)(F)F)c2Cl)CN1. The molecule has 0 amide bonds. The summed E-state index contributed by atoms with van der Waals surface area (Å²) in [7, 11) is 0. The van der Waals surface area contributed by atoms with Crippen LogP contribution in [-0.4, -0.2) is 6.54 Å². The Morgan fingerprint density at radius 1 is 1.37 bits per heavy atom. The summed E-state index contributed by atoms with van der Waals surface area (Å²) in [6.45, 7) is 0.725. The Balaban J connectivity index is 2.09. The predicted molar refractivity (Wildman–Crippen MR) is 68.5 cm³/mol. The molecular weight excluding hydrogens is 277 g/mol. The van der Waals surface area contributed by atoms with Crippen molar-refractivity contribution in [1.29, 1.82) is 0 Å². The lowest BCUT2D eigenvalue weighted by molar-refractivity contribution is -0.137. The van der Waals surface area contributed by atoms with Crippen LogP contribution in [0.4, 0.5) is 13.2 Å². The highest BCUT2D eigenvalue weighted by Crippen LogP contribution is 2.36. The highest BCUT2D eigenvalue weighted by molar-refractivity contribution is 6.32. The molecule has 3 N–H and O–H groups in total. The van der Waals surface area contributed by atoms with Crippen LogP contribution >= 0.6 is 11.6 Å². The molecule has 1 aliphatic heterocycles. The number of benzene rings is 1. The normalized spacial score (nSPS) is 19.2. The van der Waals surface area contributed by atoms with Gasteiger partial charge in [-0.2, -0.15) is 13.2 Å². The average Bonchev–Trinajstić information content (AvgIpc) is 2.72. The van der Waals surface area contributed by atoms with Gasteiger partial charge in [-0.05, 0) is 36.5 Å². The monoisotopic (exact) mass is 290 g/mol. The van der Waals surface area contributed by atoms with Gasteiger partial charge in [0.2, 0.25) is 0 Å². The Kier molecular flexibility index (Phi) is 3.94. The van der Waals surface area contributed by atoms with Gasteiger partial charge in [0.15, 0.2) is 0 Å². The second-order valence-corrected chi connectivity index (χ2v) is 4.96. The van der Waals surface area contributed by atoms with E-state index in [4.69, 9.17) is 17.3 Å². The lowest BCUT2D eigenvalue weighted by Crippen LogP contribution is -2.16. The van der Waals surface area contributed by atoms with Crippen molar-refractivity contribution in [2.45, 2.75) is 19.0 Å². The Labute approximate surface area is 114 Å². The summed E-state index contributed by atoms with van der Waals surface area (Å²) in [6.07, 6.45) is -1.30. The van der Waals surface area contributed by atoms with Crippen molar-refractivity contribution in [3.8, 4) is 0 Å². The van der Waals surface area contributed by atoms with E-state index in [9.17, 15) is 13.2 Å². The second kappa shape index (κ2) is 5.33. The lowest BCUT2D eigenvalue weighted by Gasteiger charge is -2.13. The lowest BCUT2D eigenvalue weighted by atomic mass is 9.99. The molecule has 0 saturated heterocycles. The molecule has 19 heavy (non-hydrogen) atoms. The van der Waals surface area contributed by atoms with Crippen molar-refractivity contribution < 1.29 is 13.2 Å². The van der Waals surface area contributed by atoms with Crippen molar-refractivity contribution in [2.75, 3.05) is 6.54 Å². The van der Waals surface area contributed by atoms with Crippen molar-refractivity contribution in [3.63, 3.8) is 0 Å². The molecule has 0 radical (unpaired) electrons. The second-order valence-electron chi connectivity index (χ2n) is 4.58. The number of hydrogen-bond donors (Lipinski definition) is 2. The largest absolute Gasteiger partial charge is 0.417 e. The molecule has 1 aliphatic rings. The molecule has 0 spiro atoms. The first-order chi connectivity index (χ1) is 8.88. The van der Waals surface area contributed by atoms with Crippen molar-refractivity contribution in [3.05, 3.63) is 46.2 Å². The predicted octanol–water partition coefficient (Wildman–Crippen LogP) is 3.31. The van der Waals surface area contributed by atoms with Gasteiger partial charge in [0.05, 0.1) is 16.4 Å². The van der Waals surface area contributed by atoms with Gasteiger partial charge in [-0.25, -0.2) is 0 Å². The maximum Gasteiger partial charge on any atom is 0.417 e. The molecule has 0 bridgehead atoms. The average molecular weight is 291 g/mol. The van der Waals surface area contributed by atoms with Crippen LogP contribution in [0.1, 0.15) is 17.5 Å². The van der Waals surface area contributed by atoms with Crippen LogP contribution in [0.15, 0.2) is 30.1 Å². The number of nitrogens with one attached hydrogen (secondary N) is 1. The van der Waals surface area contributed by atoms with Gasteiger partial charge in [-0.3, -0.25) is 0 Å². The number of halogens is 4. The standard InChI is InChI=1S/C13H14ClF3N2/c14-12-9(2-1-3-10(12)13(15,16)17)5-4-8-6-11(18)19-7-8/h1-3,6,8,19H,4-5,7,18H2/t8-/m0/s1. The minimum Gasteiger partial charge on any atom is -0.386 e. The summed E-state index contributed by atoms with van der Waals surface area (Å²) in [5, 5.41) is 2.79. The molecule has 1 heterocycles. The van der Waals surface area contributed by atoms with E-state index in [1.54, 1.807) is 6.07 Å². The minimum absolute atomic E-state index is 0.196. The molecule has 0 unspecified atom stereocenters. The van der Waals surface area contributed by atoms with E-state index in [0.29, 0.717) is 24.2 Å². The highest BCUT2D eigenvalue weighted by Gasteiger charge is 2.33. The van der Waals surface area contributed by atoms with Crippen LogP contribution in [-0.2, 0) is 12.6 Å². The zero-order valence-corrected chi connectivity index (χ0v) is 10.9. The maximum atomic E-state index is 12.7. The summed E-state index contributed by atoms with van der Waals surface area (Å²) in [5.41, 5.74) is 5.33. The molecule has 104 valence electrons. The minimum atomic E-state index is -4.41. The summed E-state index contributed by atoms with van der Waals surface area (Å²) in [6, 6.07) is 4.02. The van der Waals surface area contributed by atoms with E-state index in [1.165, 1.54) is 6.07 Å². The van der Waals surface area contributed by atoms with Crippen LogP contribution < -0.4 is 11.1 Å². The Hall–Kier alpha value is -1.36. The molecule has 2 rings (SSSR count). The van der Waals surface area contributed by atoms with Gasteiger partial charge in [0, 0.05) is 6.54 Å². The van der Waals surface area contributed by atoms with E-state index in [2.05, 4.69) is 5.32 Å². The molecular formula is C13H14ClF3N2. The molecule has 0 fully saturated rings. The van der Waals surface area contributed by atoms with Gasteiger partial charge in [-0.1, -0.05) is 23.7 Å². The third kappa shape index (κ3) is 3.35. The van der Waals surface area contributed by atoms with Gasteiger partial charge in [-0.15, -0.1) is 0 Å². The molecule has 6 heteroatoms. The van der Waals surface area contributed by atoms with Crippen molar-refractivity contribution in [2.24, 2.45) is 11.7 Å². The molecule has 1 atom stereocenters. The smallest absolute Gasteiger partial charge is 0.386 e. The number of alkyl halides is 3. The summed E-state index contributed by atoms with van der Waals surface area (Å²) in [4.78, 5) is 0. The highest BCUT2D eigenvalue weighted by atomic mass is 35.5. The Morgan fingerprint density at radius 3 is 2.68 bits per heavy atom. The van der Waals surface area contributed by atoms with Gasteiger partial charge >= 0.3 is 6.18 Å². The Bertz CT molecular complexity index is 497. The number of nitrogens with two attached hydrogens (primary N) is 1. The molecule has 1 aromatic rings. The quantitative estimate of drug-likeness (QED) is 0.896. The fourth-order valence-corrected chi connectivity index (χ4v) is 2.47. The van der Waals surface area contributed by atoms with Crippen molar-refractivity contribution >= 4 is 11.6 Å². The summed E-state index contributed by atoms with van der Waals surface area (Å²) >= 11 is 5.83. The molecule has 2 nitrogen and oxygen atoms in total. The van der Waals surface area contributed by atoms with E-state index in [0.717, 1.165) is 12.6 Å². The third-order valence-electron chi connectivity index (χ3n) is 3.15. The number of rotatable bonds is 3. The van der Waals surface area contributed by atoms with E-state index < -0.39 is 11.7 Å². The third-order valence-corrected chi connectivity index (χ3v) is 3.60. The first-order valence-corrected chi connectivity index (χ1v) is 6.31. The van der Waals surface area contributed by atoms with E-state index in [-0.39, 0.29) is 10.9 Å². The molecule has 0 saturated carbocycles. The van der Waals surface area contributed by atoms with E-state index >= 15 is 0 Å². The van der Waals surface area contributed by atoms with Crippen LogP contribution in [0.25, 0.3) is 0 Å². The Morgan fingerprint density at radius 2 is 2.11 bits per heavy atom. The van der Waals surface area contributed by atoms with Crippen LogP contribution in [0.3, 0.4) is 0 Å². The topological polar surface area (TPSA) is 38.0 Å². The molecule has 0 aromatic heterocycles. The molecule has 1 aromatic carbocycles. The first kappa shape index (κ1) is 14.1. The molecule has 0 aliphatic carbocycles. The summed E-state index contributed by atoms with van der Waals surface area (Å²) in [5.74, 6) is 0.866.